The number of benzene rings is 1. The lowest BCUT2D eigenvalue weighted by molar-refractivity contribution is 0.619. The van der Waals surface area contributed by atoms with Crippen molar-refractivity contribution in [2.24, 2.45) is 0 Å². The summed E-state index contributed by atoms with van der Waals surface area (Å²) in [7, 11) is -2.60. The molecule has 0 fully saturated rings. The smallest absolute Gasteiger partial charge is 0.222 e. The molecule has 0 aliphatic heterocycles. The van der Waals surface area contributed by atoms with Crippen molar-refractivity contribution in [3.63, 3.8) is 0 Å². The van der Waals surface area contributed by atoms with Crippen LogP contribution < -0.4 is 4.72 Å². The maximum absolute atomic E-state index is 10.4. The molecule has 0 saturated heterocycles. The van der Waals surface area contributed by atoms with Crippen LogP contribution >= 0.6 is 0 Å². The number of rotatable bonds is 2. The van der Waals surface area contributed by atoms with E-state index < -0.39 is 10.9 Å². The Morgan fingerprint density at radius 1 is 1.21 bits per heavy atom. The minimum atomic E-state index is -2.60. The van der Waals surface area contributed by atoms with Gasteiger partial charge in [-0.2, -0.15) is 0 Å². The number of fused-ring (bicyclic) bond motifs is 1. The summed E-state index contributed by atoms with van der Waals surface area (Å²) in [6, 6.07) is 8.89. The fourth-order valence-corrected chi connectivity index (χ4v) is 1.60. The molecule has 2 aromatic rings. The molecule has 1 aromatic heterocycles. The van der Waals surface area contributed by atoms with Crippen LogP contribution in [0, 0.1) is 0 Å². The van der Waals surface area contributed by atoms with E-state index in [-0.39, 0.29) is 0 Å². The van der Waals surface area contributed by atoms with E-state index in [1.807, 2.05) is 12.1 Å². The van der Waals surface area contributed by atoms with Gasteiger partial charge < -0.3 is 0 Å². The van der Waals surface area contributed by atoms with Crippen LogP contribution in [-0.2, 0) is 10.9 Å². The van der Waals surface area contributed by atoms with Crippen LogP contribution in [0.15, 0.2) is 36.5 Å². The van der Waals surface area contributed by atoms with Crippen molar-refractivity contribution in [1.29, 1.82) is 0 Å². The molecule has 14 heavy (non-hydrogen) atoms. The summed E-state index contributed by atoms with van der Waals surface area (Å²) in [5, 5.41) is 0.911. The first-order valence-electron chi connectivity index (χ1n) is 4.01. The molecule has 1 heterocycles. The Hall–Kier alpha value is -1.62. The SMILES string of the molecule is O=[SH](=O)Nc1ccc2ncccc2c1. The van der Waals surface area contributed by atoms with Gasteiger partial charge in [0.15, 0.2) is 0 Å². The van der Waals surface area contributed by atoms with E-state index in [0.717, 1.165) is 10.9 Å². The first kappa shape index (κ1) is 8.96. The first-order valence-corrected chi connectivity index (χ1v) is 5.19. The van der Waals surface area contributed by atoms with Crippen molar-refractivity contribution < 1.29 is 8.42 Å². The van der Waals surface area contributed by atoms with E-state index in [0.29, 0.717) is 5.69 Å². The molecule has 1 N–H and O–H groups in total. The highest BCUT2D eigenvalue weighted by Gasteiger charge is 1.95. The summed E-state index contributed by atoms with van der Waals surface area (Å²) >= 11 is 0. The van der Waals surface area contributed by atoms with Crippen LogP contribution in [0.4, 0.5) is 5.69 Å². The topological polar surface area (TPSA) is 59.1 Å². The Morgan fingerprint density at radius 3 is 2.86 bits per heavy atom. The average Bonchev–Trinajstić information content (AvgIpc) is 2.17. The van der Waals surface area contributed by atoms with Crippen LogP contribution in [0.3, 0.4) is 0 Å². The van der Waals surface area contributed by atoms with E-state index in [1.165, 1.54) is 0 Å². The predicted octanol–water partition coefficient (Wildman–Crippen LogP) is 1.17. The highest BCUT2D eigenvalue weighted by Crippen LogP contribution is 2.16. The fourth-order valence-electron chi connectivity index (χ4n) is 1.25. The van der Waals surface area contributed by atoms with Crippen molar-refractivity contribution in [1.82, 2.24) is 4.98 Å². The minimum Gasteiger partial charge on any atom is -0.286 e. The molecule has 1 aromatic carbocycles. The second-order valence-electron chi connectivity index (χ2n) is 2.78. The third kappa shape index (κ3) is 1.82. The number of thiol groups is 1. The van der Waals surface area contributed by atoms with E-state index >= 15 is 0 Å². The summed E-state index contributed by atoms with van der Waals surface area (Å²) in [6.07, 6.45) is 1.70. The number of hydrogen-bond acceptors (Lipinski definition) is 3. The normalized spacial score (nSPS) is 10.6. The van der Waals surface area contributed by atoms with Crippen LogP contribution in [0.25, 0.3) is 10.9 Å². The minimum absolute atomic E-state index is 0.557. The molecule has 72 valence electrons. The summed E-state index contributed by atoms with van der Waals surface area (Å²) in [5.41, 5.74) is 1.40. The molecular formula is C9H8N2O2S. The highest BCUT2D eigenvalue weighted by molar-refractivity contribution is 7.73. The molecule has 0 spiro atoms. The van der Waals surface area contributed by atoms with Crippen molar-refractivity contribution in [3.8, 4) is 0 Å². The Morgan fingerprint density at radius 2 is 2.07 bits per heavy atom. The second kappa shape index (κ2) is 3.63. The Labute approximate surface area is 82.7 Å². The van der Waals surface area contributed by atoms with Crippen molar-refractivity contribution in [2.75, 3.05) is 4.72 Å². The van der Waals surface area contributed by atoms with Crippen LogP contribution in [0.1, 0.15) is 0 Å². The van der Waals surface area contributed by atoms with Gasteiger partial charge in [0, 0.05) is 17.3 Å². The molecule has 0 saturated carbocycles. The molecule has 5 heteroatoms. The van der Waals surface area contributed by atoms with Crippen LogP contribution in [-0.4, -0.2) is 13.4 Å². The molecule has 0 atom stereocenters. The summed E-state index contributed by atoms with van der Waals surface area (Å²) in [5.74, 6) is 0. The molecule has 0 aliphatic carbocycles. The van der Waals surface area contributed by atoms with Gasteiger partial charge in [0.1, 0.15) is 0 Å². The number of nitrogens with zero attached hydrogens (tertiary/aromatic N) is 1. The van der Waals surface area contributed by atoms with Gasteiger partial charge in [-0.05, 0) is 24.3 Å². The molecular weight excluding hydrogens is 200 g/mol. The maximum Gasteiger partial charge on any atom is 0.222 e. The van der Waals surface area contributed by atoms with Crippen LogP contribution in [0.5, 0.6) is 0 Å². The van der Waals surface area contributed by atoms with Gasteiger partial charge in [-0.15, -0.1) is 0 Å². The predicted molar refractivity (Wildman–Crippen MR) is 55.7 cm³/mol. The van der Waals surface area contributed by atoms with Crippen molar-refractivity contribution in [2.45, 2.75) is 0 Å². The van der Waals surface area contributed by atoms with E-state index in [4.69, 9.17) is 0 Å². The molecule has 0 aliphatic rings. The second-order valence-corrected chi connectivity index (χ2v) is 3.52. The quantitative estimate of drug-likeness (QED) is 0.728. The van der Waals surface area contributed by atoms with Gasteiger partial charge in [-0.3, -0.25) is 9.71 Å². The Bertz CT molecular complexity index is 529. The summed E-state index contributed by atoms with van der Waals surface area (Å²) < 4.78 is 23.2. The third-order valence-electron chi connectivity index (χ3n) is 1.82. The van der Waals surface area contributed by atoms with Crippen molar-refractivity contribution in [3.05, 3.63) is 36.5 Å². The molecule has 0 amide bonds. The zero-order valence-electron chi connectivity index (χ0n) is 7.18. The number of pyridine rings is 1. The summed E-state index contributed by atoms with van der Waals surface area (Å²) in [4.78, 5) is 4.12. The number of nitrogens with one attached hydrogen (secondary N) is 1. The molecule has 0 bridgehead atoms. The molecule has 0 radical (unpaired) electrons. The standard InChI is InChI=1S/C9H8N2O2S/c12-14(13)11-8-3-4-9-7(6-8)2-1-5-10-9/h1-6,14H,(H,11,12,13). The Balaban J connectivity index is 2.51. The average molecular weight is 208 g/mol. The lowest BCUT2D eigenvalue weighted by atomic mass is 10.2. The van der Waals surface area contributed by atoms with E-state index in [2.05, 4.69) is 9.71 Å². The van der Waals surface area contributed by atoms with Gasteiger partial charge in [0.25, 0.3) is 0 Å². The third-order valence-corrected chi connectivity index (χ3v) is 2.26. The van der Waals surface area contributed by atoms with Gasteiger partial charge >= 0.3 is 0 Å². The Kier molecular flexibility index (Phi) is 2.32. The van der Waals surface area contributed by atoms with Gasteiger partial charge in [0.2, 0.25) is 10.9 Å². The maximum atomic E-state index is 10.4. The van der Waals surface area contributed by atoms with Gasteiger partial charge in [0.05, 0.1) is 5.52 Å². The number of aromatic nitrogens is 1. The zero-order valence-corrected chi connectivity index (χ0v) is 8.07. The largest absolute Gasteiger partial charge is 0.286 e. The van der Waals surface area contributed by atoms with Crippen molar-refractivity contribution >= 4 is 27.5 Å². The highest BCUT2D eigenvalue weighted by atomic mass is 32.2. The van der Waals surface area contributed by atoms with Crippen LogP contribution in [0.2, 0.25) is 0 Å². The zero-order chi connectivity index (χ0) is 9.97. The first-order chi connectivity index (χ1) is 6.75. The molecule has 0 unspecified atom stereocenters. The lowest BCUT2D eigenvalue weighted by Gasteiger charge is -2.00. The fraction of sp³-hybridized carbons (Fsp3) is 0. The summed E-state index contributed by atoms with van der Waals surface area (Å²) in [6.45, 7) is 0. The number of anilines is 1. The lowest BCUT2D eigenvalue weighted by Crippen LogP contribution is -1.94. The monoisotopic (exact) mass is 208 g/mol. The van der Waals surface area contributed by atoms with E-state index in [1.54, 1.807) is 24.4 Å². The molecule has 4 nitrogen and oxygen atoms in total. The van der Waals surface area contributed by atoms with Gasteiger partial charge in [-0.25, -0.2) is 8.42 Å². The number of hydrogen-bond donors (Lipinski definition) is 2. The van der Waals surface area contributed by atoms with Gasteiger partial charge in [-0.1, -0.05) is 6.07 Å². The molecule has 2 rings (SSSR count). The van der Waals surface area contributed by atoms with E-state index in [9.17, 15) is 8.42 Å².